The normalized spacial score (nSPS) is 27.4. The Balaban J connectivity index is 1.55. The molecule has 0 spiro atoms. The highest BCUT2D eigenvalue weighted by atomic mass is 32.1. The predicted molar refractivity (Wildman–Crippen MR) is 113 cm³/mol. The van der Waals surface area contributed by atoms with Crippen molar-refractivity contribution in [1.29, 1.82) is 0 Å². The molecular weight excluding hydrogens is 368 g/mol. The van der Waals surface area contributed by atoms with Crippen molar-refractivity contribution < 1.29 is 4.74 Å². The van der Waals surface area contributed by atoms with Gasteiger partial charge < -0.3 is 19.5 Å². The van der Waals surface area contributed by atoms with E-state index < -0.39 is 0 Å². The number of nitrogens with zero attached hydrogens (tertiary/aromatic N) is 3. The van der Waals surface area contributed by atoms with Gasteiger partial charge in [-0.05, 0) is 75.5 Å². The van der Waals surface area contributed by atoms with Crippen LogP contribution in [0.15, 0.2) is 30.5 Å². The van der Waals surface area contributed by atoms with Crippen molar-refractivity contribution in [3.63, 3.8) is 0 Å². The Morgan fingerprint density at radius 3 is 2.79 bits per heavy atom. The Kier molecular flexibility index (Phi) is 4.63. The van der Waals surface area contributed by atoms with E-state index in [1.54, 1.807) is 0 Å². The summed E-state index contributed by atoms with van der Waals surface area (Å²) >= 11 is 5.80. The van der Waals surface area contributed by atoms with Crippen molar-refractivity contribution in [2.75, 3.05) is 13.2 Å². The monoisotopic (exact) mass is 396 g/mol. The summed E-state index contributed by atoms with van der Waals surface area (Å²) in [5.74, 6) is 0. The number of rotatable bonds is 5. The Hall–Kier alpha value is -1.92. The van der Waals surface area contributed by atoms with Crippen LogP contribution < -0.4 is 5.32 Å². The first-order valence-electron chi connectivity index (χ1n) is 10.4. The van der Waals surface area contributed by atoms with E-state index in [4.69, 9.17) is 17.0 Å². The number of ether oxygens (including phenoxy) is 1. The molecule has 1 saturated carbocycles. The summed E-state index contributed by atoms with van der Waals surface area (Å²) in [6, 6.07) is 9.37. The third-order valence-electron chi connectivity index (χ3n) is 6.38. The summed E-state index contributed by atoms with van der Waals surface area (Å²) in [5, 5.41) is 4.39. The van der Waals surface area contributed by atoms with Crippen molar-refractivity contribution in [2.45, 2.75) is 63.8 Å². The zero-order valence-electron chi connectivity index (χ0n) is 16.6. The first-order valence-corrected chi connectivity index (χ1v) is 10.8. The highest BCUT2D eigenvalue weighted by molar-refractivity contribution is 7.80. The van der Waals surface area contributed by atoms with Gasteiger partial charge in [-0.25, -0.2) is 0 Å². The quantitative estimate of drug-likeness (QED) is 0.774. The number of thiocarbonyl (C=S) groups is 1. The number of aromatic nitrogens is 2. The molecule has 3 aliphatic rings. The van der Waals surface area contributed by atoms with Crippen LogP contribution in [0.25, 0.3) is 0 Å². The van der Waals surface area contributed by atoms with Crippen molar-refractivity contribution in [3.8, 4) is 0 Å². The number of aryl methyl sites for hydroxylation is 1. The molecule has 2 aliphatic heterocycles. The van der Waals surface area contributed by atoms with Gasteiger partial charge in [0.1, 0.15) is 0 Å². The zero-order chi connectivity index (χ0) is 19.3. The molecule has 0 radical (unpaired) electrons. The Labute approximate surface area is 172 Å². The van der Waals surface area contributed by atoms with E-state index in [-0.39, 0.29) is 18.2 Å². The minimum absolute atomic E-state index is 0.0586. The molecule has 0 bridgehead atoms. The van der Waals surface area contributed by atoms with Gasteiger partial charge in [-0.15, -0.1) is 0 Å². The highest BCUT2D eigenvalue weighted by Gasteiger charge is 2.43. The molecular formula is C22H28N4OS. The van der Waals surface area contributed by atoms with Gasteiger partial charge in [-0.2, -0.15) is 0 Å². The van der Waals surface area contributed by atoms with Gasteiger partial charge in [-0.3, -0.25) is 4.98 Å². The van der Waals surface area contributed by atoms with Gasteiger partial charge >= 0.3 is 0 Å². The summed E-state index contributed by atoms with van der Waals surface area (Å²) in [4.78, 5) is 7.01. The standard InChI is InChI=1S/C22H28N4OS/c1-14-12-18(15(2)26(14)16-8-9-16)21-20(19-7-3-4-10-23-19)24-22(28)25(21)13-17-6-5-11-27-17/h3-4,7,10,12,16-17,20-21H,5-6,8-9,11,13H2,1-2H3,(H,24,28)/t17-,20+,21+/m0/s1. The minimum Gasteiger partial charge on any atom is -0.376 e. The van der Waals surface area contributed by atoms with Crippen LogP contribution in [0.1, 0.15) is 66.5 Å². The molecule has 28 heavy (non-hydrogen) atoms. The van der Waals surface area contributed by atoms with Crippen LogP contribution in [0.3, 0.4) is 0 Å². The molecule has 2 aromatic heterocycles. The average molecular weight is 397 g/mol. The van der Waals surface area contributed by atoms with Crippen LogP contribution in [0.5, 0.6) is 0 Å². The van der Waals surface area contributed by atoms with Crippen LogP contribution in [0.4, 0.5) is 0 Å². The lowest BCUT2D eigenvalue weighted by molar-refractivity contribution is 0.0841. The van der Waals surface area contributed by atoms with Gasteiger partial charge in [0.05, 0.1) is 23.9 Å². The summed E-state index contributed by atoms with van der Waals surface area (Å²) in [6.45, 7) is 6.20. The fourth-order valence-electron chi connectivity index (χ4n) is 4.95. The largest absolute Gasteiger partial charge is 0.376 e. The van der Waals surface area contributed by atoms with E-state index in [0.717, 1.165) is 36.8 Å². The molecule has 6 heteroatoms. The molecule has 5 rings (SSSR count). The SMILES string of the molecule is Cc1cc([C@@H]2[C@@H](c3ccccn3)NC(=S)N2C[C@@H]2CCCO2)c(C)n1C1CC1. The maximum atomic E-state index is 5.95. The van der Waals surface area contributed by atoms with E-state index in [0.29, 0.717) is 6.04 Å². The lowest BCUT2D eigenvalue weighted by Gasteiger charge is -2.30. The summed E-state index contributed by atoms with van der Waals surface area (Å²) < 4.78 is 8.47. The Morgan fingerprint density at radius 1 is 1.25 bits per heavy atom. The fourth-order valence-corrected chi connectivity index (χ4v) is 5.26. The van der Waals surface area contributed by atoms with E-state index >= 15 is 0 Å². The van der Waals surface area contributed by atoms with Gasteiger partial charge in [-0.1, -0.05) is 6.07 Å². The number of hydrogen-bond acceptors (Lipinski definition) is 3. The first kappa shape index (κ1) is 18.1. The zero-order valence-corrected chi connectivity index (χ0v) is 17.4. The summed E-state index contributed by atoms with van der Waals surface area (Å²) in [6.07, 6.45) is 6.97. The Bertz CT molecular complexity index is 870. The molecule has 5 nitrogen and oxygen atoms in total. The summed E-state index contributed by atoms with van der Waals surface area (Å²) in [5.41, 5.74) is 5.13. The number of pyridine rings is 1. The maximum absolute atomic E-state index is 5.95. The van der Waals surface area contributed by atoms with Crippen LogP contribution in [-0.2, 0) is 4.74 Å². The third kappa shape index (κ3) is 3.12. The van der Waals surface area contributed by atoms with Gasteiger partial charge in [0, 0.05) is 36.8 Å². The molecule has 0 unspecified atom stereocenters. The molecule has 0 amide bonds. The topological polar surface area (TPSA) is 42.3 Å². The molecule has 2 aromatic rings. The van der Waals surface area contributed by atoms with E-state index in [1.165, 1.54) is 29.8 Å². The maximum Gasteiger partial charge on any atom is 0.170 e. The van der Waals surface area contributed by atoms with E-state index in [1.807, 2.05) is 12.3 Å². The molecule has 4 heterocycles. The summed E-state index contributed by atoms with van der Waals surface area (Å²) in [7, 11) is 0. The van der Waals surface area contributed by atoms with Gasteiger partial charge in [0.2, 0.25) is 0 Å². The predicted octanol–water partition coefficient (Wildman–Crippen LogP) is 3.99. The van der Waals surface area contributed by atoms with Crippen molar-refractivity contribution in [2.24, 2.45) is 0 Å². The fraction of sp³-hybridized carbons (Fsp3) is 0.545. The molecule has 1 N–H and O–H groups in total. The first-order chi connectivity index (χ1) is 13.6. The molecule has 1 aliphatic carbocycles. The van der Waals surface area contributed by atoms with Gasteiger partial charge in [0.15, 0.2) is 5.11 Å². The smallest absolute Gasteiger partial charge is 0.170 e. The molecule has 3 atom stereocenters. The van der Waals surface area contributed by atoms with Crippen molar-refractivity contribution in [3.05, 3.63) is 53.1 Å². The molecule has 148 valence electrons. The van der Waals surface area contributed by atoms with Crippen LogP contribution in [-0.4, -0.2) is 38.8 Å². The number of hydrogen-bond donors (Lipinski definition) is 1. The second-order valence-electron chi connectivity index (χ2n) is 8.34. The van der Waals surface area contributed by atoms with Crippen LogP contribution in [0, 0.1) is 13.8 Å². The van der Waals surface area contributed by atoms with Crippen molar-refractivity contribution in [1.82, 2.24) is 19.8 Å². The second-order valence-corrected chi connectivity index (χ2v) is 8.73. The van der Waals surface area contributed by atoms with E-state index in [9.17, 15) is 0 Å². The Morgan fingerprint density at radius 2 is 2.11 bits per heavy atom. The second kappa shape index (κ2) is 7.16. The molecule has 2 saturated heterocycles. The van der Waals surface area contributed by atoms with Crippen LogP contribution in [0.2, 0.25) is 0 Å². The molecule has 0 aromatic carbocycles. The number of nitrogens with one attached hydrogen (secondary N) is 1. The van der Waals surface area contributed by atoms with E-state index in [2.05, 4.69) is 51.8 Å². The molecule has 3 fully saturated rings. The highest BCUT2D eigenvalue weighted by Crippen LogP contribution is 2.44. The lowest BCUT2D eigenvalue weighted by atomic mass is 9.96. The van der Waals surface area contributed by atoms with Crippen LogP contribution >= 0.6 is 12.2 Å². The average Bonchev–Trinajstić information content (AvgIpc) is 3.16. The lowest BCUT2D eigenvalue weighted by Crippen LogP contribution is -2.36. The van der Waals surface area contributed by atoms with Crippen molar-refractivity contribution >= 4 is 17.3 Å². The third-order valence-corrected chi connectivity index (χ3v) is 6.73. The minimum atomic E-state index is 0.0586. The van der Waals surface area contributed by atoms with Gasteiger partial charge in [0.25, 0.3) is 0 Å².